The molecular weight excluding hydrogens is 420 g/mol. The van der Waals surface area contributed by atoms with E-state index in [2.05, 4.69) is 0 Å². The molecule has 150 valence electrons. The molecule has 8 nitrogen and oxygen atoms in total. The summed E-state index contributed by atoms with van der Waals surface area (Å²) in [6, 6.07) is 8.62. The fourth-order valence-electron chi connectivity index (χ4n) is 2.64. The molecule has 10 heteroatoms. The summed E-state index contributed by atoms with van der Waals surface area (Å²) in [6.45, 7) is 2.07. The largest absolute Gasteiger partial charge is 0.503 e. The van der Waals surface area contributed by atoms with Crippen molar-refractivity contribution < 1.29 is 24.4 Å². The quantitative estimate of drug-likeness (QED) is 0.402. The summed E-state index contributed by atoms with van der Waals surface area (Å²) in [7, 11) is 0. The van der Waals surface area contributed by atoms with Gasteiger partial charge in [0, 0.05) is 12.1 Å². The Kier molecular flexibility index (Phi) is 6.09. The third kappa shape index (κ3) is 4.52. The molecule has 1 fully saturated rings. The standard InChI is InChI=1S/C19H15ClN2O6S/c1-2-28-15-8-12(7-14(20)17(15)23)9-16-18(24)21(19(25)29-16)10-11-3-5-13(6-4-11)22(26)27/h3-9,23H,2,10H2,1H3/b16-9-. The zero-order valence-corrected chi connectivity index (χ0v) is 16.7. The fourth-order valence-corrected chi connectivity index (χ4v) is 3.69. The number of benzene rings is 2. The lowest BCUT2D eigenvalue weighted by Crippen LogP contribution is -2.27. The van der Waals surface area contributed by atoms with Crippen molar-refractivity contribution in [2.24, 2.45) is 0 Å². The monoisotopic (exact) mass is 434 g/mol. The summed E-state index contributed by atoms with van der Waals surface area (Å²) in [5.74, 6) is -0.506. The van der Waals surface area contributed by atoms with Crippen molar-refractivity contribution in [1.82, 2.24) is 4.90 Å². The fraction of sp³-hybridized carbons (Fsp3) is 0.158. The van der Waals surface area contributed by atoms with Crippen LogP contribution in [0.3, 0.4) is 0 Å². The van der Waals surface area contributed by atoms with Crippen LogP contribution in [-0.2, 0) is 11.3 Å². The van der Waals surface area contributed by atoms with E-state index in [1.54, 1.807) is 6.92 Å². The third-order valence-electron chi connectivity index (χ3n) is 4.01. The van der Waals surface area contributed by atoms with Gasteiger partial charge in [-0.05, 0) is 48.0 Å². The Morgan fingerprint density at radius 1 is 1.28 bits per heavy atom. The lowest BCUT2D eigenvalue weighted by molar-refractivity contribution is -0.384. The van der Waals surface area contributed by atoms with Crippen molar-refractivity contribution >= 4 is 46.3 Å². The van der Waals surface area contributed by atoms with Gasteiger partial charge in [0.2, 0.25) is 0 Å². The first-order valence-electron chi connectivity index (χ1n) is 8.44. The Labute approximate surface area is 174 Å². The molecule has 0 saturated carbocycles. The molecule has 0 bridgehead atoms. The first kappa shape index (κ1) is 20.7. The molecule has 1 saturated heterocycles. The van der Waals surface area contributed by atoms with Gasteiger partial charge in [-0.1, -0.05) is 23.7 Å². The van der Waals surface area contributed by atoms with Crippen LogP contribution in [0.4, 0.5) is 10.5 Å². The highest BCUT2D eigenvalue weighted by Gasteiger charge is 2.35. The van der Waals surface area contributed by atoms with Crippen molar-refractivity contribution in [3.05, 3.63) is 67.6 Å². The number of thioether (sulfide) groups is 1. The molecule has 0 atom stereocenters. The molecule has 0 spiro atoms. The maximum Gasteiger partial charge on any atom is 0.293 e. The minimum absolute atomic E-state index is 0.000527. The minimum Gasteiger partial charge on any atom is -0.503 e. The van der Waals surface area contributed by atoms with Crippen LogP contribution in [0.2, 0.25) is 5.02 Å². The van der Waals surface area contributed by atoms with Gasteiger partial charge in [0.25, 0.3) is 16.8 Å². The van der Waals surface area contributed by atoms with Gasteiger partial charge in [-0.2, -0.15) is 0 Å². The lowest BCUT2D eigenvalue weighted by atomic mass is 10.1. The Morgan fingerprint density at radius 2 is 1.97 bits per heavy atom. The zero-order chi connectivity index (χ0) is 21.1. The number of nitro benzene ring substituents is 1. The first-order valence-corrected chi connectivity index (χ1v) is 9.63. The number of nitrogens with zero attached hydrogens (tertiary/aromatic N) is 2. The highest BCUT2D eigenvalue weighted by Crippen LogP contribution is 2.38. The molecule has 0 radical (unpaired) electrons. The van der Waals surface area contributed by atoms with E-state index < -0.39 is 16.1 Å². The van der Waals surface area contributed by atoms with E-state index in [-0.39, 0.29) is 33.7 Å². The Morgan fingerprint density at radius 3 is 2.59 bits per heavy atom. The SMILES string of the molecule is CCOc1cc(/C=C2\SC(=O)N(Cc3ccc([N+](=O)[O-])cc3)C2=O)cc(Cl)c1O. The van der Waals surface area contributed by atoms with Crippen molar-refractivity contribution in [3.63, 3.8) is 0 Å². The summed E-state index contributed by atoms with van der Waals surface area (Å²) in [4.78, 5) is 36.4. The number of halogens is 1. The van der Waals surface area contributed by atoms with Crippen LogP contribution >= 0.6 is 23.4 Å². The Bertz CT molecular complexity index is 1020. The van der Waals surface area contributed by atoms with E-state index in [9.17, 15) is 24.8 Å². The maximum absolute atomic E-state index is 12.7. The predicted octanol–water partition coefficient (Wildman–Crippen LogP) is 4.59. The highest BCUT2D eigenvalue weighted by atomic mass is 35.5. The highest BCUT2D eigenvalue weighted by molar-refractivity contribution is 8.18. The van der Waals surface area contributed by atoms with E-state index in [0.29, 0.717) is 17.7 Å². The number of rotatable bonds is 6. The van der Waals surface area contributed by atoms with Crippen molar-refractivity contribution in [3.8, 4) is 11.5 Å². The smallest absolute Gasteiger partial charge is 0.293 e. The van der Waals surface area contributed by atoms with E-state index in [1.807, 2.05) is 0 Å². The predicted molar refractivity (Wildman–Crippen MR) is 109 cm³/mol. The lowest BCUT2D eigenvalue weighted by Gasteiger charge is -2.12. The molecule has 0 aliphatic carbocycles. The van der Waals surface area contributed by atoms with Crippen molar-refractivity contribution in [2.75, 3.05) is 6.61 Å². The molecule has 3 rings (SSSR count). The summed E-state index contributed by atoms with van der Waals surface area (Å²) >= 11 is 6.78. The molecule has 0 unspecified atom stereocenters. The van der Waals surface area contributed by atoms with Gasteiger partial charge in [-0.15, -0.1) is 0 Å². The van der Waals surface area contributed by atoms with Gasteiger partial charge in [0.05, 0.1) is 28.0 Å². The maximum atomic E-state index is 12.7. The number of carbonyl (C=O) groups excluding carboxylic acids is 2. The topological polar surface area (TPSA) is 110 Å². The second-order valence-electron chi connectivity index (χ2n) is 5.97. The molecule has 2 aromatic rings. The number of nitro groups is 1. The van der Waals surface area contributed by atoms with Gasteiger partial charge in [-0.3, -0.25) is 24.6 Å². The molecule has 1 N–H and O–H groups in total. The van der Waals surface area contributed by atoms with Gasteiger partial charge < -0.3 is 9.84 Å². The average Bonchev–Trinajstić information content (AvgIpc) is 2.93. The number of phenolic OH excluding ortho intramolecular Hbond substituents is 1. The second-order valence-corrected chi connectivity index (χ2v) is 7.37. The third-order valence-corrected chi connectivity index (χ3v) is 5.21. The van der Waals surface area contributed by atoms with E-state index in [4.69, 9.17) is 16.3 Å². The van der Waals surface area contributed by atoms with Crippen LogP contribution in [0.25, 0.3) is 6.08 Å². The molecule has 0 aromatic heterocycles. The number of hydrogen-bond donors (Lipinski definition) is 1. The first-order chi connectivity index (χ1) is 13.8. The Balaban J connectivity index is 1.82. The number of imide groups is 1. The molecule has 1 aliphatic rings. The van der Waals surface area contributed by atoms with Crippen LogP contribution in [0, 0.1) is 10.1 Å². The second kappa shape index (κ2) is 8.54. The number of carbonyl (C=O) groups is 2. The van der Waals surface area contributed by atoms with E-state index in [0.717, 1.165) is 16.7 Å². The molecule has 2 aromatic carbocycles. The van der Waals surface area contributed by atoms with Gasteiger partial charge in [0.15, 0.2) is 11.5 Å². The van der Waals surface area contributed by atoms with Gasteiger partial charge >= 0.3 is 0 Å². The summed E-state index contributed by atoms with van der Waals surface area (Å²) < 4.78 is 5.32. The number of ether oxygens (including phenoxy) is 1. The summed E-state index contributed by atoms with van der Waals surface area (Å²) in [5, 5.41) is 20.3. The van der Waals surface area contributed by atoms with Crippen LogP contribution in [0.15, 0.2) is 41.3 Å². The minimum atomic E-state index is -0.522. The molecule has 1 heterocycles. The molecule has 2 amide bonds. The number of hydrogen-bond acceptors (Lipinski definition) is 7. The number of phenols is 1. The normalized spacial score (nSPS) is 15.2. The average molecular weight is 435 g/mol. The molecule has 29 heavy (non-hydrogen) atoms. The van der Waals surface area contributed by atoms with Crippen molar-refractivity contribution in [1.29, 1.82) is 0 Å². The number of aromatic hydroxyl groups is 1. The van der Waals surface area contributed by atoms with Crippen LogP contribution in [0.1, 0.15) is 18.1 Å². The Hall–Kier alpha value is -3.04. The molecule has 1 aliphatic heterocycles. The van der Waals surface area contributed by atoms with Crippen LogP contribution in [-0.4, -0.2) is 32.7 Å². The number of non-ortho nitro benzene ring substituents is 1. The van der Waals surface area contributed by atoms with Crippen LogP contribution in [0.5, 0.6) is 11.5 Å². The van der Waals surface area contributed by atoms with Gasteiger partial charge in [0.1, 0.15) is 0 Å². The van der Waals surface area contributed by atoms with E-state index >= 15 is 0 Å². The summed E-state index contributed by atoms with van der Waals surface area (Å²) in [6.07, 6.45) is 1.49. The molecular formula is C19H15ClN2O6S. The van der Waals surface area contributed by atoms with Crippen LogP contribution < -0.4 is 4.74 Å². The zero-order valence-electron chi connectivity index (χ0n) is 15.1. The van der Waals surface area contributed by atoms with Crippen molar-refractivity contribution in [2.45, 2.75) is 13.5 Å². The summed E-state index contributed by atoms with van der Waals surface area (Å²) in [5.41, 5.74) is 1.01. The number of amides is 2. The van der Waals surface area contributed by atoms with E-state index in [1.165, 1.54) is 42.5 Å². The van der Waals surface area contributed by atoms with Gasteiger partial charge in [-0.25, -0.2) is 0 Å².